The van der Waals surface area contributed by atoms with Crippen LogP contribution in [0.1, 0.15) is 10.4 Å². The Bertz CT molecular complexity index is 1010. The van der Waals surface area contributed by atoms with E-state index in [1.54, 1.807) is 42.5 Å². The molecule has 126 valence electrons. The molecule has 3 rings (SSSR count). The average molecular weight is 400 g/mol. The lowest BCUT2D eigenvalue weighted by atomic mass is 10.1. The highest BCUT2D eigenvalue weighted by molar-refractivity contribution is 9.10. The van der Waals surface area contributed by atoms with Gasteiger partial charge in [0.15, 0.2) is 0 Å². The number of halogens is 1. The summed E-state index contributed by atoms with van der Waals surface area (Å²) >= 11 is 3.31. The number of aromatic amines is 1. The minimum absolute atomic E-state index is 0.0334. The Hall–Kier alpha value is -2.93. The van der Waals surface area contributed by atoms with Crippen molar-refractivity contribution in [1.29, 1.82) is 0 Å². The summed E-state index contributed by atoms with van der Waals surface area (Å²) in [5.74, 6) is -0.986. The SMILES string of the molecule is O=C(CNC(=O)c1c[nH]c2ccccc2c1=O)Nc1cccc(Br)c1. The number of fused-ring (bicyclic) bond motifs is 1. The van der Waals surface area contributed by atoms with Crippen molar-refractivity contribution in [1.82, 2.24) is 10.3 Å². The number of hydrogen-bond donors (Lipinski definition) is 3. The maximum absolute atomic E-state index is 12.4. The van der Waals surface area contributed by atoms with E-state index in [0.29, 0.717) is 16.6 Å². The van der Waals surface area contributed by atoms with Gasteiger partial charge in [0, 0.05) is 27.3 Å². The van der Waals surface area contributed by atoms with Crippen LogP contribution in [-0.4, -0.2) is 23.3 Å². The van der Waals surface area contributed by atoms with Gasteiger partial charge in [-0.2, -0.15) is 0 Å². The Labute approximate surface area is 151 Å². The molecule has 25 heavy (non-hydrogen) atoms. The Balaban J connectivity index is 1.67. The Kier molecular flexibility index (Phi) is 4.95. The van der Waals surface area contributed by atoms with Crippen molar-refractivity contribution in [3.63, 3.8) is 0 Å². The number of carbonyl (C=O) groups excluding carboxylic acids is 2. The Morgan fingerprint density at radius 2 is 1.88 bits per heavy atom. The molecule has 6 nitrogen and oxygen atoms in total. The van der Waals surface area contributed by atoms with Gasteiger partial charge in [-0.3, -0.25) is 14.4 Å². The molecule has 1 heterocycles. The van der Waals surface area contributed by atoms with Crippen molar-refractivity contribution in [3.8, 4) is 0 Å². The van der Waals surface area contributed by atoms with Gasteiger partial charge in [0.1, 0.15) is 5.56 Å². The van der Waals surface area contributed by atoms with Crippen LogP contribution in [0.4, 0.5) is 5.69 Å². The van der Waals surface area contributed by atoms with E-state index in [1.807, 2.05) is 6.07 Å². The van der Waals surface area contributed by atoms with E-state index in [9.17, 15) is 14.4 Å². The van der Waals surface area contributed by atoms with Gasteiger partial charge in [0.25, 0.3) is 5.91 Å². The molecule has 0 aliphatic rings. The van der Waals surface area contributed by atoms with E-state index in [4.69, 9.17) is 0 Å². The van der Waals surface area contributed by atoms with E-state index < -0.39 is 5.91 Å². The van der Waals surface area contributed by atoms with Gasteiger partial charge in [-0.05, 0) is 30.3 Å². The van der Waals surface area contributed by atoms with Gasteiger partial charge in [0.05, 0.1) is 6.54 Å². The van der Waals surface area contributed by atoms with Crippen LogP contribution in [-0.2, 0) is 4.79 Å². The number of nitrogens with one attached hydrogen (secondary N) is 3. The summed E-state index contributed by atoms with van der Waals surface area (Å²) in [6, 6.07) is 14.0. The number of carbonyl (C=O) groups is 2. The minimum atomic E-state index is -0.601. The fraction of sp³-hybridized carbons (Fsp3) is 0.0556. The molecule has 0 bridgehead atoms. The first kappa shape index (κ1) is 16.9. The fourth-order valence-corrected chi connectivity index (χ4v) is 2.76. The molecule has 0 saturated heterocycles. The number of pyridine rings is 1. The second-order valence-electron chi connectivity index (χ2n) is 5.32. The van der Waals surface area contributed by atoms with Crippen LogP contribution in [0, 0.1) is 0 Å². The molecule has 0 unspecified atom stereocenters. The zero-order valence-electron chi connectivity index (χ0n) is 13.0. The molecular weight excluding hydrogens is 386 g/mol. The van der Waals surface area contributed by atoms with Gasteiger partial charge in [-0.25, -0.2) is 0 Å². The quantitative estimate of drug-likeness (QED) is 0.629. The zero-order chi connectivity index (χ0) is 17.8. The first-order valence-corrected chi connectivity index (χ1v) is 8.28. The fourth-order valence-electron chi connectivity index (χ4n) is 2.36. The maximum atomic E-state index is 12.4. The number of benzene rings is 2. The van der Waals surface area contributed by atoms with Gasteiger partial charge in [-0.15, -0.1) is 0 Å². The van der Waals surface area contributed by atoms with Crippen molar-refractivity contribution < 1.29 is 9.59 Å². The van der Waals surface area contributed by atoms with Crippen LogP contribution >= 0.6 is 15.9 Å². The first-order valence-electron chi connectivity index (χ1n) is 7.48. The number of hydrogen-bond acceptors (Lipinski definition) is 3. The van der Waals surface area contributed by atoms with Gasteiger partial charge < -0.3 is 15.6 Å². The average Bonchev–Trinajstić information content (AvgIpc) is 2.60. The molecule has 3 N–H and O–H groups in total. The molecule has 1 aromatic heterocycles. The van der Waals surface area contributed by atoms with Crippen LogP contribution in [0.2, 0.25) is 0 Å². The predicted molar refractivity (Wildman–Crippen MR) is 99.7 cm³/mol. The summed E-state index contributed by atoms with van der Waals surface area (Å²) < 4.78 is 0.831. The lowest BCUT2D eigenvalue weighted by Gasteiger charge is -2.07. The zero-order valence-corrected chi connectivity index (χ0v) is 14.6. The highest BCUT2D eigenvalue weighted by Crippen LogP contribution is 2.15. The third kappa shape index (κ3) is 3.95. The second kappa shape index (κ2) is 7.31. The van der Waals surface area contributed by atoms with Crippen LogP contribution in [0.15, 0.2) is 64.0 Å². The molecule has 0 saturated carbocycles. The molecule has 0 aliphatic heterocycles. The molecule has 2 amide bonds. The molecular formula is C18H14BrN3O3. The van der Waals surface area contributed by atoms with Gasteiger partial charge in [-0.1, -0.05) is 34.1 Å². The highest BCUT2D eigenvalue weighted by atomic mass is 79.9. The number of amides is 2. The molecule has 0 aliphatic carbocycles. The monoisotopic (exact) mass is 399 g/mol. The first-order chi connectivity index (χ1) is 12.0. The summed E-state index contributed by atoms with van der Waals surface area (Å²) in [4.78, 5) is 39.4. The van der Waals surface area contributed by atoms with Gasteiger partial charge in [0.2, 0.25) is 11.3 Å². The largest absolute Gasteiger partial charge is 0.360 e. The third-order valence-electron chi connectivity index (χ3n) is 3.55. The summed E-state index contributed by atoms with van der Waals surface area (Å²) in [6.45, 7) is -0.238. The van der Waals surface area contributed by atoms with E-state index in [0.717, 1.165) is 4.47 Å². The smallest absolute Gasteiger partial charge is 0.257 e. The standard InChI is InChI=1S/C18H14BrN3O3/c19-11-4-3-5-12(8-11)22-16(23)10-21-18(25)14-9-20-15-7-2-1-6-13(15)17(14)24/h1-9H,10H2,(H,20,24)(H,21,25)(H,22,23). The normalized spacial score (nSPS) is 10.4. The number of para-hydroxylation sites is 1. The lowest BCUT2D eigenvalue weighted by Crippen LogP contribution is -2.35. The van der Waals surface area contributed by atoms with Crippen molar-refractivity contribution in [2.75, 3.05) is 11.9 Å². The molecule has 2 aromatic carbocycles. The molecule has 7 heteroatoms. The molecule has 0 radical (unpaired) electrons. The minimum Gasteiger partial charge on any atom is -0.360 e. The van der Waals surface area contributed by atoms with Gasteiger partial charge >= 0.3 is 0 Å². The van der Waals surface area contributed by atoms with Crippen LogP contribution in [0.3, 0.4) is 0 Å². The lowest BCUT2D eigenvalue weighted by molar-refractivity contribution is -0.115. The third-order valence-corrected chi connectivity index (χ3v) is 4.04. The van der Waals surface area contributed by atoms with Crippen molar-refractivity contribution in [2.45, 2.75) is 0 Å². The summed E-state index contributed by atoms with van der Waals surface area (Å²) in [7, 11) is 0. The van der Waals surface area contributed by atoms with E-state index in [1.165, 1.54) is 6.20 Å². The van der Waals surface area contributed by atoms with Crippen LogP contribution < -0.4 is 16.1 Å². The number of aromatic nitrogens is 1. The molecule has 0 fully saturated rings. The maximum Gasteiger partial charge on any atom is 0.257 e. The van der Waals surface area contributed by atoms with Crippen molar-refractivity contribution in [2.24, 2.45) is 0 Å². The number of rotatable bonds is 4. The molecule has 0 atom stereocenters. The number of H-pyrrole nitrogens is 1. The predicted octanol–water partition coefficient (Wildman–Crippen LogP) is 2.66. The second-order valence-corrected chi connectivity index (χ2v) is 6.23. The highest BCUT2D eigenvalue weighted by Gasteiger charge is 2.13. The van der Waals surface area contributed by atoms with Crippen molar-refractivity contribution in [3.05, 3.63) is 75.0 Å². The molecule has 0 spiro atoms. The van der Waals surface area contributed by atoms with E-state index in [-0.39, 0.29) is 23.4 Å². The van der Waals surface area contributed by atoms with E-state index in [2.05, 4.69) is 31.5 Å². The van der Waals surface area contributed by atoms with Crippen LogP contribution in [0.25, 0.3) is 10.9 Å². The van der Waals surface area contributed by atoms with E-state index >= 15 is 0 Å². The van der Waals surface area contributed by atoms with Crippen LogP contribution in [0.5, 0.6) is 0 Å². The summed E-state index contributed by atoms with van der Waals surface area (Å²) in [5, 5.41) is 5.55. The topological polar surface area (TPSA) is 91.1 Å². The summed E-state index contributed by atoms with van der Waals surface area (Å²) in [5.41, 5.74) is 0.849. The Morgan fingerprint density at radius 1 is 1.08 bits per heavy atom. The Morgan fingerprint density at radius 3 is 2.68 bits per heavy atom. The summed E-state index contributed by atoms with van der Waals surface area (Å²) in [6.07, 6.45) is 1.35. The van der Waals surface area contributed by atoms with Crippen molar-refractivity contribution >= 4 is 44.3 Å². The number of anilines is 1. The molecule has 3 aromatic rings.